The van der Waals surface area contributed by atoms with Gasteiger partial charge in [-0.1, -0.05) is 54.1 Å². The van der Waals surface area contributed by atoms with Crippen LogP contribution in [0.4, 0.5) is 0 Å². The third kappa shape index (κ3) is 2.33. The zero-order valence-electron chi connectivity index (χ0n) is 10.9. The molecule has 2 aromatic rings. The van der Waals surface area contributed by atoms with Gasteiger partial charge in [0, 0.05) is 12.0 Å². The molecule has 1 heterocycles. The van der Waals surface area contributed by atoms with Gasteiger partial charge in [0.05, 0.1) is 11.3 Å². The van der Waals surface area contributed by atoms with E-state index in [0.29, 0.717) is 10.7 Å². The molecule has 0 radical (unpaired) electrons. The molecule has 0 spiro atoms. The van der Waals surface area contributed by atoms with Gasteiger partial charge in [-0.25, -0.2) is 4.98 Å². The van der Waals surface area contributed by atoms with E-state index in [0.717, 1.165) is 36.1 Å². The SMILES string of the molecule is N#Cc1c(Cl)nc(Cc2ccccc2)c2c1CCC=C2. The highest BCUT2D eigenvalue weighted by atomic mass is 35.5. The molecule has 0 unspecified atom stereocenters. The van der Waals surface area contributed by atoms with E-state index in [9.17, 15) is 5.26 Å². The molecule has 1 aromatic carbocycles. The van der Waals surface area contributed by atoms with Crippen molar-refractivity contribution in [2.24, 2.45) is 0 Å². The van der Waals surface area contributed by atoms with Crippen LogP contribution in [0.3, 0.4) is 0 Å². The average Bonchev–Trinajstić information content (AvgIpc) is 2.49. The van der Waals surface area contributed by atoms with Crippen molar-refractivity contribution in [3.8, 4) is 6.07 Å². The summed E-state index contributed by atoms with van der Waals surface area (Å²) in [6.45, 7) is 0. The first-order valence-corrected chi connectivity index (χ1v) is 6.99. The van der Waals surface area contributed by atoms with Crippen LogP contribution in [0, 0.1) is 11.3 Å². The fourth-order valence-corrected chi connectivity index (χ4v) is 2.85. The van der Waals surface area contributed by atoms with E-state index in [1.807, 2.05) is 18.2 Å². The third-order valence-electron chi connectivity index (χ3n) is 3.55. The van der Waals surface area contributed by atoms with Crippen LogP contribution in [0.15, 0.2) is 36.4 Å². The van der Waals surface area contributed by atoms with Gasteiger partial charge in [-0.3, -0.25) is 0 Å². The van der Waals surface area contributed by atoms with E-state index < -0.39 is 0 Å². The summed E-state index contributed by atoms with van der Waals surface area (Å²) in [5.74, 6) is 0. The predicted octanol–water partition coefficient (Wildman–Crippen LogP) is 4.16. The topological polar surface area (TPSA) is 36.7 Å². The number of nitrogens with zero attached hydrogens (tertiary/aromatic N) is 2. The van der Waals surface area contributed by atoms with Gasteiger partial charge in [-0.05, 0) is 24.0 Å². The molecule has 1 aliphatic rings. The van der Waals surface area contributed by atoms with Crippen LogP contribution in [0.2, 0.25) is 5.15 Å². The lowest BCUT2D eigenvalue weighted by Crippen LogP contribution is -2.07. The Hall–Kier alpha value is -2.11. The number of allylic oxidation sites excluding steroid dienone is 1. The molecule has 0 aliphatic heterocycles. The molecule has 0 atom stereocenters. The van der Waals surface area contributed by atoms with Crippen molar-refractivity contribution in [3.05, 3.63) is 69.5 Å². The summed E-state index contributed by atoms with van der Waals surface area (Å²) in [5, 5.41) is 9.58. The molecule has 20 heavy (non-hydrogen) atoms. The quantitative estimate of drug-likeness (QED) is 0.775. The first-order chi connectivity index (χ1) is 9.79. The predicted molar refractivity (Wildman–Crippen MR) is 80.6 cm³/mol. The molecular weight excluding hydrogens is 268 g/mol. The number of halogens is 1. The van der Waals surface area contributed by atoms with Gasteiger partial charge in [-0.2, -0.15) is 5.26 Å². The number of nitriles is 1. The molecule has 98 valence electrons. The number of benzene rings is 1. The van der Waals surface area contributed by atoms with Gasteiger partial charge in [0.1, 0.15) is 11.2 Å². The van der Waals surface area contributed by atoms with Gasteiger partial charge in [-0.15, -0.1) is 0 Å². The second kappa shape index (κ2) is 5.48. The summed E-state index contributed by atoms with van der Waals surface area (Å²) in [5.41, 5.74) is 4.79. The molecule has 1 aliphatic carbocycles. The molecule has 0 saturated carbocycles. The molecular formula is C17H13ClN2. The summed E-state index contributed by atoms with van der Waals surface area (Å²) < 4.78 is 0. The highest BCUT2D eigenvalue weighted by molar-refractivity contribution is 6.30. The van der Waals surface area contributed by atoms with Gasteiger partial charge in [0.15, 0.2) is 0 Å². The standard InChI is InChI=1S/C17H13ClN2/c18-17-15(11-19)13-8-4-5-9-14(13)16(20-17)10-12-6-2-1-3-7-12/h1-3,5-7,9H,4,8,10H2. The van der Waals surface area contributed by atoms with E-state index in [4.69, 9.17) is 11.6 Å². The van der Waals surface area contributed by atoms with Crippen molar-refractivity contribution in [2.45, 2.75) is 19.3 Å². The Kier molecular flexibility index (Phi) is 3.54. The minimum Gasteiger partial charge on any atom is -0.239 e. The molecule has 0 bridgehead atoms. The van der Waals surface area contributed by atoms with Crippen molar-refractivity contribution < 1.29 is 0 Å². The first kappa shape index (κ1) is 12.9. The van der Waals surface area contributed by atoms with Crippen LogP contribution in [0.25, 0.3) is 6.08 Å². The Morgan fingerprint density at radius 3 is 2.80 bits per heavy atom. The lowest BCUT2D eigenvalue weighted by atomic mass is 9.91. The number of rotatable bonds is 2. The smallest absolute Gasteiger partial charge is 0.147 e. The fourth-order valence-electron chi connectivity index (χ4n) is 2.59. The van der Waals surface area contributed by atoms with Crippen molar-refractivity contribution in [2.75, 3.05) is 0 Å². The normalized spacial score (nSPS) is 12.8. The maximum atomic E-state index is 9.26. The van der Waals surface area contributed by atoms with E-state index >= 15 is 0 Å². The maximum Gasteiger partial charge on any atom is 0.147 e. The van der Waals surface area contributed by atoms with Gasteiger partial charge < -0.3 is 0 Å². The number of fused-ring (bicyclic) bond motifs is 1. The Bertz CT molecular complexity index is 712. The highest BCUT2D eigenvalue weighted by Gasteiger charge is 2.18. The Balaban J connectivity index is 2.11. The monoisotopic (exact) mass is 280 g/mol. The van der Waals surface area contributed by atoms with Crippen molar-refractivity contribution in [1.82, 2.24) is 4.98 Å². The van der Waals surface area contributed by atoms with Gasteiger partial charge in [0.2, 0.25) is 0 Å². The van der Waals surface area contributed by atoms with Gasteiger partial charge in [0.25, 0.3) is 0 Å². The summed E-state index contributed by atoms with van der Waals surface area (Å²) >= 11 is 6.18. The Morgan fingerprint density at radius 2 is 2.05 bits per heavy atom. The zero-order chi connectivity index (χ0) is 13.9. The lowest BCUT2D eigenvalue weighted by molar-refractivity contribution is 0.943. The van der Waals surface area contributed by atoms with Crippen LogP contribution in [-0.4, -0.2) is 4.98 Å². The summed E-state index contributed by atoms with van der Waals surface area (Å²) in [6.07, 6.45) is 6.75. The zero-order valence-corrected chi connectivity index (χ0v) is 11.7. The molecule has 0 fully saturated rings. The third-order valence-corrected chi connectivity index (χ3v) is 3.82. The van der Waals surface area contributed by atoms with Crippen LogP contribution >= 0.6 is 11.6 Å². The van der Waals surface area contributed by atoms with E-state index in [1.165, 1.54) is 5.56 Å². The van der Waals surface area contributed by atoms with Crippen molar-refractivity contribution in [3.63, 3.8) is 0 Å². The molecule has 0 amide bonds. The van der Waals surface area contributed by atoms with Crippen molar-refractivity contribution >= 4 is 17.7 Å². The second-order valence-corrected chi connectivity index (χ2v) is 5.19. The summed E-state index contributed by atoms with van der Waals surface area (Å²) in [7, 11) is 0. The van der Waals surface area contributed by atoms with Crippen LogP contribution in [0.5, 0.6) is 0 Å². The van der Waals surface area contributed by atoms with E-state index in [2.05, 4.69) is 35.3 Å². The molecule has 3 rings (SSSR count). The number of aromatic nitrogens is 1. The first-order valence-electron chi connectivity index (χ1n) is 6.61. The minimum atomic E-state index is 0.326. The Morgan fingerprint density at radius 1 is 1.25 bits per heavy atom. The number of hydrogen-bond donors (Lipinski definition) is 0. The number of hydrogen-bond acceptors (Lipinski definition) is 2. The molecule has 0 saturated heterocycles. The van der Waals surface area contributed by atoms with Crippen molar-refractivity contribution in [1.29, 1.82) is 5.26 Å². The second-order valence-electron chi connectivity index (χ2n) is 4.83. The van der Waals surface area contributed by atoms with Crippen LogP contribution < -0.4 is 0 Å². The summed E-state index contributed by atoms with van der Waals surface area (Å²) in [4.78, 5) is 4.44. The fraction of sp³-hybridized carbons (Fsp3) is 0.176. The maximum absolute atomic E-state index is 9.26. The molecule has 3 heteroatoms. The Labute approximate surface area is 123 Å². The summed E-state index contributed by atoms with van der Waals surface area (Å²) in [6, 6.07) is 12.4. The molecule has 0 N–H and O–H groups in total. The lowest BCUT2D eigenvalue weighted by Gasteiger charge is -2.17. The largest absolute Gasteiger partial charge is 0.239 e. The van der Waals surface area contributed by atoms with Crippen LogP contribution in [0.1, 0.15) is 34.4 Å². The molecule has 2 nitrogen and oxygen atoms in total. The number of pyridine rings is 1. The minimum absolute atomic E-state index is 0.326. The van der Waals surface area contributed by atoms with Crippen LogP contribution in [-0.2, 0) is 12.8 Å². The average molecular weight is 281 g/mol. The highest BCUT2D eigenvalue weighted by Crippen LogP contribution is 2.30. The molecule has 1 aromatic heterocycles. The van der Waals surface area contributed by atoms with Gasteiger partial charge >= 0.3 is 0 Å². The van der Waals surface area contributed by atoms with E-state index in [-0.39, 0.29) is 0 Å². The van der Waals surface area contributed by atoms with E-state index in [1.54, 1.807) is 0 Å².